The van der Waals surface area contributed by atoms with Crippen LogP contribution >= 0.6 is 11.6 Å². The van der Waals surface area contributed by atoms with Crippen molar-refractivity contribution in [2.75, 3.05) is 13.1 Å². The smallest absolute Gasteiger partial charge is 0.254 e. The maximum atomic E-state index is 13.7. The maximum absolute atomic E-state index is 13.7. The van der Waals surface area contributed by atoms with Crippen LogP contribution in [0, 0.1) is 5.82 Å². The first-order valence-electron chi connectivity index (χ1n) is 8.16. The highest BCUT2D eigenvalue weighted by molar-refractivity contribution is 6.31. The molecule has 0 saturated carbocycles. The zero-order valence-electron chi connectivity index (χ0n) is 13.6. The van der Waals surface area contributed by atoms with E-state index in [0.29, 0.717) is 10.6 Å². The van der Waals surface area contributed by atoms with E-state index in [0.717, 1.165) is 37.6 Å². The Morgan fingerprint density at radius 3 is 2.64 bits per heavy atom. The highest BCUT2D eigenvalue weighted by Crippen LogP contribution is 2.16. The largest absolute Gasteiger partial charge is 0.348 e. The van der Waals surface area contributed by atoms with Crippen LogP contribution in [0.4, 0.5) is 4.39 Å². The second-order valence-corrected chi connectivity index (χ2v) is 6.44. The van der Waals surface area contributed by atoms with Crippen LogP contribution in [0.15, 0.2) is 42.5 Å². The summed E-state index contributed by atoms with van der Waals surface area (Å²) in [6, 6.07) is 11.0. The predicted molar refractivity (Wildman–Crippen MR) is 94.2 cm³/mol. The molecular weight excluding hydrogens is 343 g/mol. The van der Waals surface area contributed by atoms with E-state index in [-0.39, 0.29) is 18.0 Å². The lowest BCUT2D eigenvalue weighted by Crippen LogP contribution is -2.28. The van der Waals surface area contributed by atoms with Crippen molar-refractivity contribution >= 4 is 23.4 Å². The van der Waals surface area contributed by atoms with E-state index in [1.165, 1.54) is 12.1 Å². The summed E-state index contributed by atoms with van der Waals surface area (Å²) < 4.78 is 13.7. The molecule has 130 valence electrons. The van der Waals surface area contributed by atoms with Crippen LogP contribution in [-0.4, -0.2) is 29.8 Å². The highest BCUT2D eigenvalue weighted by atomic mass is 35.5. The first-order valence-corrected chi connectivity index (χ1v) is 8.54. The van der Waals surface area contributed by atoms with Gasteiger partial charge in [-0.1, -0.05) is 23.7 Å². The summed E-state index contributed by atoms with van der Waals surface area (Å²) in [5, 5.41) is 2.95. The summed E-state index contributed by atoms with van der Waals surface area (Å²) in [5.74, 6) is -1.16. The van der Waals surface area contributed by atoms with Crippen molar-refractivity contribution in [1.82, 2.24) is 10.2 Å². The summed E-state index contributed by atoms with van der Waals surface area (Å²) in [6.07, 6.45) is 2.07. The van der Waals surface area contributed by atoms with E-state index in [1.54, 1.807) is 18.2 Å². The fourth-order valence-electron chi connectivity index (χ4n) is 2.87. The summed E-state index contributed by atoms with van der Waals surface area (Å²) in [5.41, 5.74) is 1.28. The molecule has 1 N–H and O–H groups in total. The zero-order chi connectivity index (χ0) is 17.8. The van der Waals surface area contributed by atoms with Gasteiger partial charge < -0.3 is 10.2 Å². The Hall–Kier alpha value is -2.40. The molecule has 1 aliphatic heterocycles. The lowest BCUT2D eigenvalue weighted by atomic mass is 10.1. The van der Waals surface area contributed by atoms with Gasteiger partial charge in [-0.2, -0.15) is 0 Å². The number of likely N-dealkylation sites (tertiary alicyclic amines) is 1. The van der Waals surface area contributed by atoms with Gasteiger partial charge in [-0.25, -0.2) is 4.39 Å². The molecule has 0 radical (unpaired) electrons. The predicted octanol–water partition coefficient (Wildman–Crippen LogP) is 3.65. The molecule has 0 bridgehead atoms. The van der Waals surface area contributed by atoms with Gasteiger partial charge in [0.2, 0.25) is 0 Å². The summed E-state index contributed by atoms with van der Waals surface area (Å²) >= 11 is 5.81. The average molecular weight is 361 g/mol. The number of nitrogens with zero attached hydrogens (tertiary/aromatic N) is 1. The van der Waals surface area contributed by atoms with Gasteiger partial charge >= 0.3 is 0 Å². The fourth-order valence-corrected chi connectivity index (χ4v) is 3.04. The van der Waals surface area contributed by atoms with Crippen LogP contribution in [0.5, 0.6) is 0 Å². The number of hydrogen-bond donors (Lipinski definition) is 1. The molecular formula is C19H18ClFN2O2. The first-order chi connectivity index (χ1) is 12.0. The van der Waals surface area contributed by atoms with Gasteiger partial charge in [0.15, 0.2) is 0 Å². The summed E-state index contributed by atoms with van der Waals surface area (Å²) in [6.45, 7) is 1.77. The van der Waals surface area contributed by atoms with Crippen LogP contribution in [0.3, 0.4) is 0 Å². The van der Waals surface area contributed by atoms with Crippen molar-refractivity contribution in [1.29, 1.82) is 0 Å². The minimum atomic E-state index is -0.625. The Kier molecular flexibility index (Phi) is 5.34. The number of nitrogens with one attached hydrogen (secondary N) is 1. The molecule has 1 fully saturated rings. The van der Waals surface area contributed by atoms with Crippen LogP contribution in [0.2, 0.25) is 5.02 Å². The van der Waals surface area contributed by atoms with Crippen molar-refractivity contribution in [3.05, 3.63) is 70.0 Å². The molecule has 0 spiro atoms. The SMILES string of the molecule is O=C(NCc1cccc(C(=O)N2CCCC2)c1)c1cc(Cl)ccc1F. The lowest BCUT2D eigenvalue weighted by Gasteiger charge is -2.15. The number of amides is 2. The second kappa shape index (κ2) is 7.66. The molecule has 1 aliphatic rings. The highest BCUT2D eigenvalue weighted by Gasteiger charge is 2.19. The molecule has 6 heteroatoms. The molecule has 2 amide bonds. The quantitative estimate of drug-likeness (QED) is 0.904. The fraction of sp³-hybridized carbons (Fsp3) is 0.263. The first kappa shape index (κ1) is 17.4. The van der Waals surface area contributed by atoms with Gasteiger partial charge in [-0.15, -0.1) is 0 Å². The zero-order valence-corrected chi connectivity index (χ0v) is 14.4. The van der Waals surface area contributed by atoms with E-state index >= 15 is 0 Å². The van der Waals surface area contributed by atoms with Gasteiger partial charge in [0.05, 0.1) is 5.56 Å². The van der Waals surface area contributed by atoms with Gasteiger partial charge in [0, 0.05) is 30.2 Å². The standard InChI is InChI=1S/C19H18ClFN2O2/c20-15-6-7-17(21)16(11-15)18(24)22-12-13-4-3-5-14(10-13)19(25)23-8-1-2-9-23/h3-7,10-11H,1-2,8-9,12H2,(H,22,24). The summed E-state index contributed by atoms with van der Waals surface area (Å²) in [7, 11) is 0. The van der Waals surface area contributed by atoms with Crippen LogP contribution in [-0.2, 0) is 6.54 Å². The van der Waals surface area contributed by atoms with Crippen molar-refractivity contribution in [3.63, 3.8) is 0 Å². The van der Waals surface area contributed by atoms with E-state index in [9.17, 15) is 14.0 Å². The molecule has 0 atom stereocenters. The Morgan fingerprint density at radius 2 is 1.88 bits per heavy atom. The molecule has 0 aliphatic carbocycles. The van der Waals surface area contributed by atoms with E-state index in [4.69, 9.17) is 11.6 Å². The second-order valence-electron chi connectivity index (χ2n) is 6.01. The number of rotatable bonds is 4. The van der Waals surface area contributed by atoms with E-state index in [1.807, 2.05) is 11.0 Å². The molecule has 3 rings (SSSR count). The monoisotopic (exact) mass is 360 g/mol. The van der Waals surface area contributed by atoms with Crippen molar-refractivity contribution in [2.24, 2.45) is 0 Å². The van der Waals surface area contributed by atoms with Crippen LogP contribution < -0.4 is 5.32 Å². The van der Waals surface area contributed by atoms with Crippen molar-refractivity contribution < 1.29 is 14.0 Å². The van der Waals surface area contributed by atoms with Gasteiger partial charge in [0.25, 0.3) is 11.8 Å². The Balaban J connectivity index is 1.67. The molecule has 0 aromatic heterocycles. The lowest BCUT2D eigenvalue weighted by molar-refractivity contribution is 0.0792. The Bertz CT molecular complexity index is 804. The van der Waals surface area contributed by atoms with Crippen LogP contribution in [0.25, 0.3) is 0 Å². The summed E-state index contributed by atoms with van der Waals surface area (Å²) in [4.78, 5) is 26.4. The maximum Gasteiger partial charge on any atom is 0.254 e. The number of hydrogen-bond acceptors (Lipinski definition) is 2. The van der Waals surface area contributed by atoms with E-state index < -0.39 is 11.7 Å². The van der Waals surface area contributed by atoms with Gasteiger partial charge in [-0.3, -0.25) is 9.59 Å². The topological polar surface area (TPSA) is 49.4 Å². The molecule has 0 unspecified atom stereocenters. The molecule has 25 heavy (non-hydrogen) atoms. The number of benzene rings is 2. The molecule has 2 aromatic carbocycles. The number of carbonyl (C=O) groups is 2. The third kappa shape index (κ3) is 4.17. The Labute approximate surface area is 150 Å². The minimum absolute atomic E-state index is 0.00608. The molecule has 2 aromatic rings. The van der Waals surface area contributed by atoms with Crippen LogP contribution in [0.1, 0.15) is 39.1 Å². The van der Waals surface area contributed by atoms with Gasteiger partial charge in [-0.05, 0) is 48.7 Å². The third-order valence-corrected chi connectivity index (χ3v) is 4.43. The Morgan fingerprint density at radius 1 is 1.12 bits per heavy atom. The third-order valence-electron chi connectivity index (χ3n) is 4.19. The minimum Gasteiger partial charge on any atom is -0.348 e. The molecule has 1 saturated heterocycles. The van der Waals surface area contributed by atoms with Gasteiger partial charge in [0.1, 0.15) is 5.82 Å². The average Bonchev–Trinajstić information content (AvgIpc) is 3.16. The normalized spacial score (nSPS) is 13.8. The van der Waals surface area contributed by atoms with E-state index in [2.05, 4.69) is 5.32 Å². The molecule has 4 nitrogen and oxygen atoms in total. The number of carbonyl (C=O) groups excluding carboxylic acids is 2. The van der Waals surface area contributed by atoms with Crippen molar-refractivity contribution in [3.8, 4) is 0 Å². The molecule has 1 heterocycles. The number of halogens is 2. The van der Waals surface area contributed by atoms with Crippen molar-refractivity contribution in [2.45, 2.75) is 19.4 Å².